The maximum atomic E-state index is 12.1. The van der Waals surface area contributed by atoms with Crippen LogP contribution in [-0.2, 0) is 0 Å². The molecule has 0 bridgehead atoms. The van der Waals surface area contributed by atoms with E-state index in [1.807, 2.05) is 0 Å². The van der Waals surface area contributed by atoms with Crippen molar-refractivity contribution in [3.8, 4) is 5.75 Å². The molecular weight excluding hydrogens is 216 g/mol. The first-order chi connectivity index (χ1) is 7.41. The topological polar surface area (TPSA) is 43.7 Å². The molecule has 0 spiro atoms. The molecule has 16 heavy (non-hydrogen) atoms. The summed E-state index contributed by atoms with van der Waals surface area (Å²) in [6.45, 7) is 1.13. The van der Waals surface area contributed by atoms with Gasteiger partial charge >= 0.3 is 0 Å². The van der Waals surface area contributed by atoms with Crippen molar-refractivity contribution in [1.82, 2.24) is 0 Å². The Morgan fingerprint density at radius 1 is 1.38 bits per heavy atom. The monoisotopic (exact) mass is 231 g/mol. The molecule has 0 aliphatic carbocycles. The van der Waals surface area contributed by atoms with Crippen molar-refractivity contribution in [1.29, 1.82) is 0 Å². The number of aliphatic hydroxyl groups is 1. The van der Waals surface area contributed by atoms with Crippen LogP contribution in [0.25, 0.3) is 0 Å². The summed E-state index contributed by atoms with van der Waals surface area (Å²) >= 11 is 0. The van der Waals surface area contributed by atoms with Gasteiger partial charge in [-0.3, -0.25) is 0 Å². The minimum absolute atomic E-state index is 0.0892. The average molecular weight is 231 g/mol. The summed E-state index contributed by atoms with van der Waals surface area (Å²) in [5.74, 6) is -0.0892. The van der Waals surface area contributed by atoms with Crippen LogP contribution in [0.2, 0.25) is 0 Å². The molecule has 0 aliphatic heterocycles. The lowest BCUT2D eigenvalue weighted by molar-refractivity contribution is 0.156. The van der Waals surface area contributed by atoms with Gasteiger partial charge in [-0.1, -0.05) is 6.07 Å². The largest absolute Gasteiger partial charge is 0.507 e. The van der Waals surface area contributed by atoms with Gasteiger partial charge in [0, 0.05) is 24.4 Å². The molecule has 90 valence electrons. The molecule has 0 radical (unpaired) electrons. The molecule has 5 heteroatoms. The summed E-state index contributed by atoms with van der Waals surface area (Å²) in [5.41, 5.74) is 0.872. The van der Waals surface area contributed by atoms with Crippen molar-refractivity contribution in [3.05, 3.63) is 23.8 Å². The number of benzene rings is 1. The smallest absolute Gasteiger partial charge is 0.255 e. The van der Waals surface area contributed by atoms with Crippen LogP contribution >= 0.6 is 0 Å². The highest BCUT2D eigenvalue weighted by Crippen LogP contribution is 2.28. The van der Waals surface area contributed by atoms with Crippen LogP contribution in [0.4, 0.5) is 14.5 Å². The third-order valence-corrected chi connectivity index (χ3v) is 2.32. The van der Waals surface area contributed by atoms with Crippen molar-refractivity contribution < 1.29 is 19.0 Å². The van der Waals surface area contributed by atoms with Gasteiger partial charge in [0.25, 0.3) is 6.43 Å². The summed E-state index contributed by atoms with van der Waals surface area (Å²) < 4.78 is 24.3. The second kappa shape index (κ2) is 5.12. The number of alkyl halides is 2. The fourth-order valence-electron chi connectivity index (χ4n) is 1.44. The van der Waals surface area contributed by atoms with Crippen LogP contribution in [0.3, 0.4) is 0 Å². The van der Waals surface area contributed by atoms with Gasteiger partial charge in [0.05, 0.1) is 12.6 Å². The van der Waals surface area contributed by atoms with Crippen LogP contribution in [0.1, 0.15) is 18.6 Å². The Morgan fingerprint density at radius 2 is 2.00 bits per heavy atom. The van der Waals surface area contributed by atoms with Gasteiger partial charge < -0.3 is 15.1 Å². The summed E-state index contributed by atoms with van der Waals surface area (Å²) in [5, 5.41) is 18.9. The van der Waals surface area contributed by atoms with Crippen molar-refractivity contribution in [2.45, 2.75) is 19.5 Å². The standard InChI is InChI=1S/C11H15F2NO2/c1-7(15)9-4-3-8(5-10(9)16)14(2)6-11(12)13/h3-5,7,11,15-16H,6H2,1-2H3. The van der Waals surface area contributed by atoms with Gasteiger partial charge in [-0.2, -0.15) is 0 Å². The third kappa shape index (κ3) is 3.06. The number of phenols is 1. The van der Waals surface area contributed by atoms with Crippen LogP contribution in [-0.4, -0.2) is 30.2 Å². The first kappa shape index (κ1) is 12.7. The number of phenolic OH excluding ortho intramolecular Hbond substituents is 1. The zero-order valence-electron chi connectivity index (χ0n) is 9.19. The van der Waals surface area contributed by atoms with E-state index in [-0.39, 0.29) is 5.75 Å². The quantitative estimate of drug-likeness (QED) is 0.834. The first-order valence-corrected chi connectivity index (χ1v) is 4.92. The number of aromatic hydroxyl groups is 1. The molecule has 1 rings (SSSR count). The van der Waals surface area contributed by atoms with E-state index in [9.17, 15) is 19.0 Å². The lowest BCUT2D eigenvalue weighted by Crippen LogP contribution is -2.23. The Morgan fingerprint density at radius 3 is 2.44 bits per heavy atom. The number of hydrogen-bond donors (Lipinski definition) is 2. The number of hydrogen-bond acceptors (Lipinski definition) is 3. The fourth-order valence-corrected chi connectivity index (χ4v) is 1.44. The molecule has 0 saturated heterocycles. The van der Waals surface area contributed by atoms with Gasteiger partial charge in [0.15, 0.2) is 0 Å². The summed E-state index contributed by atoms with van der Waals surface area (Å²) in [7, 11) is 1.52. The van der Waals surface area contributed by atoms with Gasteiger partial charge in [-0.15, -0.1) is 0 Å². The van der Waals surface area contributed by atoms with Crippen LogP contribution in [0.15, 0.2) is 18.2 Å². The minimum Gasteiger partial charge on any atom is -0.507 e. The molecule has 0 heterocycles. The molecule has 1 atom stereocenters. The second-order valence-electron chi connectivity index (χ2n) is 3.69. The van der Waals surface area contributed by atoms with E-state index in [1.54, 1.807) is 6.07 Å². The van der Waals surface area contributed by atoms with Gasteiger partial charge in [-0.25, -0.2) is 8.78 Å². The van der Waals surface area contributed by atoms with Gasteiger partial charge in [-0.05, 0) is 13.0 Å². The molecule has 0 saturated carbocycles. The van der Waals surface area contributed by atoms with Crippen molar-refractivity contribution >= 4 is 5.69 Å². The predicted molar refractivity (Wildman–Crippen MR) is 58.0 cm³/mol. The van der Waals surface area contributed by atoms with Crippen molar-refractivity contribution in [2.75, 3.05) is 18.5 Å². The number of rotatable bonds is 4. The Bertz CT molecular complexity index is 356. The fraction of sp³-hybridized carbons (Fsp3) is 0.455. The van der Waals surface area contributed by atoms with Crippen molar-refractivity contribution in [3.63, 3.8) is 0 Å². The summed E-state index contributed by atoms with van der Waals surface area (Å²) in [6, 6.07) is 4.48. The zero-order chi connectivity index (χ0) is 12.3. The molecular formula is C11H15F2NO2. The molecule has 0 aromatic heterocycles. The number of nitrogens with zero attached hydrogens (tertiary/aromatic N) is 1. The lowest BCUT2D eigenvalue weighted by atomic mass is 10.1. The number of halogens is 2. The normalized spacial score (nSPS) is 12.9. The first-order valence-electron chi connectivity index (χ1n) is 4.92. The van der Waals surface area contributed by atoms with Gasteiger partial charge in [0.2, 0.25) is 0 Å². The molecule has 1 aromatic carbocycles. The Kier molecular flexibility index (Phi) is 4.06. The van der Waals surface area contributed by atoms with Gasteiger partial charge in [0.1, 0.15) is 5.75 Å². The molecule has 1 aromatic rings. The van der Waals surface area contributed by atoms with E-state index >= 15 is 0 Å². The molecule has 0 fully saturated rings. The molecule has 2 N–H and O–H groups in total. The maximum Gasteiger partial charge on any atom is 0.255 e. The van der Waals surface area contributed by atoms with Crippen LogP contribution in [0, 0.1) is 0 Å². The van der Waals surface area contributed by atoms with E-state index in [4.69, 9.17) is 0 Å². The predicted octanol–water partition coefficient (Wildman–Crippen LogP) is 2.15. The van der Waals surface area contributed by atoms with Crippen LogP contribution < -0.4 is 4.90 Å². The maximum absolute atomic E-state index is 12.1. The molecule has 0 aliphatic rings. The van der Waals surface area contributed by atoms with E-state index in [0.717, 1.165) is 0 Å². The Hall–Kier alpha value is -1.36. The second-order valence-corrected chi connectivity index (χ2v) is 3.69. The highest BCUT2D eigenvalue weighted by atomic mass is 19.3. The molecule has 0 amide bonds. The lowest BCUT2D eigenvalue weighted by Gasteiger charge is -2.20. The van der Waals surface area contributed by atoms with E-state index in [1.165, 1.54) is 31.0 Å². The van der Waals surface area contributed by atoms with E-state index in [2.05, 4.69) is 0 Å². The van der Waals surface area contributed by atoms with Crippen LogP contribution in [0.5, 0.6) is 5.75 Å². The van der Waals surface area contributed by atoms with Crippen molar-refractivity contribution in [2.24, 2.45) is 0 Å². The highest BCUT2D eigenvalue weighted by Gasteiger charge is 2.12. The number of aliphatic hydroxyl groups excluding tert-OH is 1. The molecule has 1 unspecified atom stereocenters. The average Bonchev–Trinajstić information content (AvgIpc) is 2.15. The zero-order valence-corrected chi connectivity index (χ0v) is 9.19. The Balaban J connectivity index is 2.88. The summed E-state index contributed by atoms with van der Waals surface area (Å²) in [4.78, 5) is 1.34. The molecule has 3 nitrogen and oxygen atoms in total. The Labute approximate surface area is 92.9 Å². The number of anilines is 1. The van der Waals surface area contributed by atoms with E-state index in [0.29, 0.717) is 11.3 Å². The minimum atomic E-state index is -2.43. The SMILES string of the molecule is CC(O)c1ccc(N(C)CC(F)F)cc1O. The summed E-state index contributed by atoms with van der Waals surface area (Å²) in [6.07, 6.45) is -3.21. The third-order valence-electron chi connectivity index (χ3n) is 2.32. The highest BCUT2D eigenvalue weighted by molar-refractivity contribution is 5.53. The van der Waals surface area contributed by atoms with E-state index < -0.39 is 19.1 Å².